The molecule has 3 N–H and O–H groups in total. The monoisotopic (exact) mass is 229 g/mol. The van der Waals surface area contributed by atoms with Crippen molar-refractivity contribution in [3.63, 3.8) is 0 Å². The van der Waals surface area contributed by atoms with Gasteiger partial charge in [-0.15, -0.1) is 0 Å². The highest BCUT2D eigenvalue weighted by Crippen LogP contribution is 2.10. The molecule has 0 aromatic rings. The molecule has 1 amide bonds. The molecule has 0 aliphatic carbocycles. The zero-order valence-electron chi connectivity index (χ0n) is 10.2. The van der Waals surface area contributed by atoms with Crippen LogP contribution in [-0.2, 0) is 4.79 Å². The summed E-state index contributed by atoms with van der Waals surface area (Å²) >= 11 is 0. The van der Waals surface area contributed by atoms with Gasteiger partial charge in [0.1, 0.15) is 0 Å². The van der Waals surface area contributed by atoms with E-state index in [2.05, 4.69) is 16.7 Å². The number of primary amides is 1. The molecule has 1 fully saturated rings. The van der Waals surface area contributed by atoms with Gasteiger partial charge >= 0.3 is 0 Å². The van der Waals surface area contributed by atoms with Gasteiger partial charge in [-0.3, -0.25) is 14.6 Å². The van der Waals surface area contributed by atoms with Gasteiger partial charge in [0.25, 0.3) is 0 Å². The lowest BCUT2D eigenvalue weighted by atomic mass is 10.1. The van der Waals surface area contributed by atoms with Crippen LogP contribution in [0.25, 0.3) is 0 Å². The standard InChI is InChI=1S/C11H23N3O2/c1-3-10(8-15)14-6-4-13(5-7-14)9(2)11(12)16/h9-10,15H,3-8H2,1-2H3,(H2,12,16). The van der Waals surface area contributed by atoms with Crippen LogP contribution in [0.15, 0.2) is 0 Å². The molecule has 1 aliphatic heterocycles. The first kappa shape index (κ1) is 13.4. The molecule has 16 heavy (non-hydrogen) atoms. The number of aliphatic hydroxyl groups excluding tert-OH is 1. The summed E-state index contributed by atoms with van der Waals surface area (Å²) in [5, 5.41) is 9.21. The number of carbonyl (C=O) groups excluding carboxylic acids is 1. The molecule has 5 nitrogen and oxygen atoms in total. The average molecular weight is 229 g/mol. The quantitative estimate of drug-likeness (QED) is 0.651. The lowest BCUT2D eigenvalue weighted by Gasteiger charge is -2.40. The van der Waals surface area contributed by atoms with Gasteiger partial charge < -0.3 is 10.8 Å². The summed E-state index contributed by atoms with van der Waals surface area (Å²) in [5.41, 5.74) is 5.28. The van der Waals surface area contributed by atoms with Crippen LogP contribution < -0.4 is 5.73 Å². The van der Waals surface area contributed by atoms with Crippen LogP contribution in [0.4, 0.5) is 0 Å². The topological polar surface area (TPSA) is 69.8 Å². The van der Waals surface area contributed by atoms with Crippen LogP contribution in [0, 0.1) is 0 Å². The number of amides is 1. The van der Waals surface area contributed by atoms with Gasteiger partial charge in [0.15, 0.2) is 0 Å². The molecule has 0 radical (unpaired) electrons. The first-order valence-corrected chi connectivity index (χ1v) is 5.98. The van der Waals surface area contributed by atoms with Gasteiger partial charge in [-0.1, -0.05) is 6.92 Å². The fourth-order valence-corrected chi connectivity index (χ4v) is 2.17. The molecule has 94 valence electrons. The maximum absolute atomic E-state index is 11.1. The molecule has 1 heterocycles. The van der Waals surface area contributed by atoms with Gasteiger partial charge in [0, 0.05) is 32.2 Å². The third-order valence-corrected chi connectivity index (χ3v) is 3.51. The molecule has 0 spiro atoms. The predicted molar refractivity (Wildman–Crippen MR) is 63.0 cm³/mol. The number of aliphatic hydroxyl groups is 1. The summed E-state index contributed by atoms with van der Waals surface area (Å²) in [4.78, 5) is 15.4. The average Bonchev–Trinajstić information content (AvgIpc) is 2.30. The minimum atomic E-state index is -0.261. The van der Waals surface area contributed by atoms with Crippen molar-refractivity contribution in [3.05, 3.63) is 0 Å². The van der Waals surface area contributed by atoms with Crippen molar-refractivity contribution in [3.8, 4) is 0 Å². The second-order valence-corrected chi connectivity index (χ2v) is 4.39. The van der Waals surface area contributed by atoms with Crippen LogP contribution in [0.5, 0.6) is 0 Å². The van der Waals surface area contributed by atoms with E-state index in [4.69, 9.17) is 5.73 Å². The van der Waals surface area contributed by atoms with Crippen molar-refractivity contribution in [2.24, 2.45) is 5.73 Å². The highest BCUT2D eigenvalue weighted by atomic mass is 16.3. The van der Waals surface area contributed by atoms with E-state index in [1.54, 1.807) is 0 Å². The van der Waals surface area contributed by atoms with Crippen LogP contribution in [-0.4, -0.2) is 65.7 Å². The fourth-order valence-electron chi connectivity index (χ4n) is 2.17. The highest BCUT2D eigenvalue weighted by molar-refractivity contribution is 5.79. The van der Waals surface area contributed by atoms with Gasteiger partial charge in [-0.2, -0.15) is 0 Å². The third-order valence-electron chi connectivity index (χ3n) is 3.51. The number of nitrogens with two attached hydrogens (primary N) is 1. The largest absolute Gasteiger partial charge is 0.395 e. The molecule has 1 saturated heterocycles. The molecule has 2 unspecified atom stereocenters. The van der Waals surface area contributed by atoms with E-state index < -0.39 is 0 Å². The SMILES string of the molecule is CCC(CO)N1CCN(C(C)C(N)=O)CC1. The molecule has 0 saturated carbocycles. The Hall–Kier alpha value is -0.650. The second-order valence-electron chi connectivity index (χ2n) is 4.39. The van der Waals surface area contributed by atoms with E-state index >= 15 is 0 Å². The normalized spacial score (nSPS) is 22.9. The Balaban J connectivity index is 2.41. The van der Waals surface area contributed by atoms with Crippen molar-refractivity contribution >= 4 is 5.91 Å². The van der Waals surface area contributed by atoms with Crippen molar-refractivity contribution in [2.45, 2.75) is 32.4 Å². The van der Waals surface area contributed by atoms with Gasteiger partial charge in [-0.05, 0) is 13.3 Å². The van der Waals surface area contributed by atoms with Crippen LogP contribution >= 0.6 is 0 Å². The Labute approximate surface area is 97.2 Å². The number of carbonyl (C=O) groups is 1. The smallest absolute Gasteiger partial charge is 0.234 e. The number of piperazine rings is 1. The van der Waals surface area contributed by atoms with E-state index in [9.17, 15) is 9.90 Å². The lowest BCUT2D eigenvalue weighted by molar-refractivity contribution is -0.123. The van der Waals surface area contributed by atoms with Gasteiger partial charge in [0.05, 0.1) is 12.6 Å². The number of rotatable bonds is 5. The number of nitrogens with zero attached hydrogens (tertiary/aromatic N) is 2. The van der Waals surface area contributed by atoms with E-state index in [0.29, 0.717) is 0 Å². The molecule has 1 aliphatic rings. The fraction of sp³-hybridized carbons (Fsp3) is 0.909. The van der Waals surface area contributed by atoms with E-state index in [1.165, 1.54) is 0 Å². The summed E-state index contributed by atoms with van der Waals surface area (Å²) < 4.78 is 0. The van der Waals surface area contributed by atoms with Crippen LogP contribution in [0.1, 0.15) is 20.3 Å². The summed E-state index contributed by atoms with van der Waals surface area (Å²) in [6.07, 6.45) is 0.960. The predicted octanol–water partition coefficient (Wildman–Crippen LogP) is -0.751. The summed E-state index contributed by atoms with van der Waals surface area (Å²) in [5.74, 6) is -0.261. The molecular weight excluding hydrogens is 206 g/mol. The second kappa shape index (κ2) is 6.18. The van der Waals surface area contributed by atoms with Crippen molar-refractivity contribution < 1.29 is 9.90 Å². The van der Waals surface area contributed by atoms with Crippen LogP contribution in [0.3, 0.4) is 0 Å². The molecule has 0 aromatic heterocycles. The van der Waals surface area contributed by atoms with Crippen molar-refractivity contribution in [1.29, 1.82) is 0 Å². The zero-order chi connectivity index (χ0) is 12.1. The molecule has 2 atom stereocenters. The van der Waals surface area contributed by atoms with Crippen molar-refractivity contribution in [1.82, 2.24) is 9.80 Å². The Morgan fingerprint density at radius 2 is 1.81 bits per heavy atom. The summed E-state index contributed by atoms with van der Waals surface area (Å²) in [6, 6.07) is 0.0717. The number of hydrogen-bond donors (Lipinski definition) is 2. The highest BCUT2D eigenvalue weighted by Gasteiger charge is 2.26. The third kappa shape index (κ3) is 3.17. The zero-order valence-corrected chi connectivity index (χ0v) is 10.2. The van der Waals surface area contributed by atoms with Crippen LogP contribution in [0.2, 0.25) is 0 Å². The summed E-state index contributed by atoms with van der Waals surface area (Å²) in [7, 11) is 0. The maximum atomic E-state index is 11.1. The van der Waals surface area contributed by atoms with E-state index in [0.717, 1.165) is 32.6 Å². The minimum Gasteiger partial charge on any atom is -0.395 e. The molecule has 0 aromatic carbocycles. The molecular formula is C11H23N3O2. The van der Waals surface area contributed by atoms with Gasteiger partial charge in [-0.25, -0.2) is 0 Å². The molecule has 1 rings (SSSR count). The summed E-state index contributed by atoms with van der Waals surface area (Å²) in [6.45, 7) is 7.64. The van der Waals surface area contributed by atoms with Gasteiger partial charge in [0.2, 0.25) is 5.91 Å². The Morgan fingerprint density at radius 3 is 2.19 bits per heavy atom. The first-order valence-electron chi connectivity index (χ1n) is 5.98. The molecule has 0 bridgehead atoms. The Bertz CT molecular complexity index is 223. The van der Waals surface area contributed by atoms with Crippen molar-refractivity contribution in [2.75, 3.05) is 32.8 Å². The molecule has 5 heteroatoms. The maximum Gasteiger partial charge on any atom is 0.234 e. The number of hydrogen-bond acceptors (Lipinski definition) is 4. The van der Waals surface area contributed by atoms with E-state index in [-0.39, 0.29) is 24.6 Å². The lowest BCUT2D eigenvalue weighted by Crippen LogP contribution is -2.55. The Morgan fingerprint density at radius 1 is 1.31 bits per heavy atom. The first-order chi connectivity index (χ1) is 7.60. The Kier molecular flexibility index (Phi) is 5.18. The van der Waals surface area contributed by atoms with E-state index in [1.807, 2.05) is 6.92 Å². The minimum absolute atomic E-state index is 0.184.